The van der Waals surface area contributed by atoms with Crippen LogP contribution in [0.15, 0.2) is 24.3 Å². The fraction of sp³-hybridized carbons (Fsp3) is 0.562. The van der Waals surface area contributed by atoms with E-state index in [4.69, 9.17) is 10.00 Å². The first-order chi connectivity index (χ1) is 9.12. The molecule has 0 bridgehead atoms. The van der Waals surface area contributed by atoms with Gasteiger partial charge >= 0.3 is 0 Å². The van der Waals surface area contributed by atoms with E-state index in [1.807, 2.05) is 19.1 Å². The van der Waals surface area contributed by atoms with Crippen molar-refractivity contribution < 1.29 is 9.84 Å². The lowest BCUT2D eigenvalue weighted by molar-refractivity contribution is 0.0371. The lowest BCUT2D eigenvalue weighted by Gasteiger charge is -2.24. The van der Waals surface area contributed by atoms with Gasteiger partial charge in [-0.2, -0.15) is 5.26 Å². The summed E-state index contributed by atoms with van der Waals surface area (Å²) in [5.74, 6) is 0. The lowest BCUT2D eigenvalue weighted by Crippen LogP contribution is -2.21. The first kappa shape index (κ1) is 14.0. The van der Waals surface area contributed by atoms with Crippen LogP contribution in [0.4, 0.5) is 0 Å². The highest BCUT2D eigenvalue weighted by molar-refractivity contribution is 5.35. The van der Waals surface area contributed by atoms with Crippen molar-refractivity contribution in [2.45, 2.75) is 50.7 Å². The van der Waals surface area contributed by atoms with Gasteiger partial charge in [-0.15, -0.1) is 0 Å². The zero-order chi connectivity index (χ0) is 13.7. The highest BCUT2D eigenvalue weighted by Crippen LogP contribution is 2.28. The second-order valence-electron chi connectivity index (χ2n) is 5.49. The van der Waals surface area contributed by atoms with Crippen molar-refractivity contribution in [2.24, 2.45) is 0 Å². The molecule has 0 aliphatic carbocycles. The maximum absolute atomic E-state index is 10.5. The molecule has 1 aromatic rings. The molecular formula is C16H21NO2. The zero-order valence-electron chi connectivity index (χ0n) is 11.4. The molecule has 0 amide bonds. The van der Waals surface area contributed by atoms with Gasteiger partial charge in [0, 0.05) is 6.61 Å². The van der Waals surface area contributed by atoms with Gasteiger partial charge < -0.3 is 9.84 Å². The van der Waals surface area contributed by atoms with Crippen LogP contribution in [0.1, 0.15) is 50.2 Å². The average molecular weight is 259 g/mol. The molecule has 2 unspecified atom stereocenters. The number of hydrogen-bond acceptors (Lipinski definition) is 3. The summed E-state index contributed by atoms with van der Waals surface area (Å²) in [5, 5.41) is 19.4. The Labute approximate surface area is 114 Å². The minimum atomic E-state index is -0.870. The molecule has 2 rings (SSSR count). The molecule has 1 N–H and O–H groups in total. The monoisotopic (exact) mass is 259 g/mol. The number of ether oxygens (including phenoxy) is 1. The van der Waals surface area contributed by atoms with Crippen molar-refractivity contribution in [3.8, 4) is 6.07 Å². The molecule has 3 heteroatoms. The third-order valence-electron chi connectivity index (χ3n) is 3.83. The maximum Gasteiger partial charge on any atom is 0.0991 e. The van der Waals surface area contributed by atoms with Crippen LogP contribution >= 0.6 is 0 Å². The van der Waals surface area contributed by atoms with Gasteiger partial charge in [-0.05, 0) is 56.7 Å². The van der Waals surface area contributed by atoms with Gasteiger partial charge in [-0.1, -0.05) is 12.1 Å². The number of hydrogen-bond donors (Lipinski definition) is 1. The van der Waals surface area contributed by atoms with Gasteiger partial charge in [0.15, 0.2) is 0 Å². The predicted octanol–water partition coefficient (Wildman–Crippen LogP) is 3.12. The summed E-state index contributed by atoms with van der Waals surface area (Å²) in [6.07, 6.45) is 5.32. The van der Waals surface area contributed by atoms with Gasteiger partial charge in [0.05, 0.1) is 23.3 Å². The summed E-state index contributed by atoms with van der Waals surface area (Å²) < 4.78 is 5.59. The highest BCUT2D eigenvalue weighted by Gasteiger charge is 2.24. The van der Waals surface area contributed by atoms with Gasteiger partial charge in [0.1, 0.15) is 0 Å². The molecule has 3 nitrogen and oxygen atoms in total. The summed E-state index contributed by atoms with van der Waals surface area (Å²) in [6, 6.07) is 9.34. The van der Waals surface area contributed by atoms with Gasteiger partial charge in [0.2, 0.25) is 0 Å². The molecule has 102 valence electrons. The molecule has 1 fully saturated rings. The topological polar surface area (TPSA) is 53.2 Å². The summed E-state index contributed by atoms with van der Waals surface area (Å²) in [4.78, 5) is 0. The van der Waals surface area contributed by atoms with Crippen LogP contribution in [0.5, 0.6) is 0 Å². The van der Waals surface area contributed by atoms with Crippen molar-refractivity contribution >= 4 is 0 Å². The third-order valence-corrected chi connectivity index (χ3v) is 3.83. The molecule has 0 spiro atoms. The van der Waals surface area contributed by atoms with E-state index in [0.717, 1.165) is 37.9 Å². The van der Waals surface area contributed by atoms with Crippen molar-refractivity contribution in [1.82, 2.24) is 0 Å². The van der Waals surface area contributed by atoms with Crippen LogP contribution < -0.4 is 0 Å². The Morgan fingerprint density at radius 3 is 3.05 bits per heavy atom. The Morgan fingerprint density at radius 1 is 1.53 bits per heavy atom. The first-order valence-corrected chi connectivity index (χ1v) is 6.96. The number of nitrogens with zero attached hydrogens (tertiary/aromatic N) is 1. The Hall–Kier alpha value is -1.37. The van der Waals surface area contributed by atoms with Crippen molar-refractivity contribution in [3.05, 3.63) is 35.4 Å². The van der Waals surface area contributed by atoms with Crippen molar-refractivity contribution in [1.29, 1.82) is 5.26 Å². The summed E-state index contributed by atoms with van der Waals surface area (Å²) in [7, 11) is 0. The summed E-state index contributed by atoms with van der Waals surface area (Å²) in [6.45, 7) is 2.70. The molecule has 19 heavy (non-hydrogen) atoms. The standard InChI is InChI=1S/C16H21NO2/c1-16(18,9-3-7-15-8-4-10-19-15)14-6-2-5-13(11-14)12-17/h2,5-6,11,15,18H,3-4,7-10H2,1H3. The Bertz CT molecular complexity index is 456. The molecule has 2 atom stereocenters. The number of nitriles is 1. The van der Waals surface area contributed by atoms with Gasteiger partial charge in [-0.25, -0.2) is 0 Å². The molecule has 1 aliphatic rings. The fourth-order valence-electron chi connectivity index (χ4n) is 2.61. The van der Waals surface area contributed by atoms with Crippen LogP contribution in [-0.2, 0) is 10.3 Å². The molecule has 1 aromatic carbocycles. The summed E-state index contributed by atoms with van der Waals surface area (Å²) in [5.41, 5.74) is 0.543. The Morgan fingerprint density at radius 2 is 2.37 bits per heavy atom. The van der Waals surface area contributed by atoms with E-state index < -0.39 is 5.60 Å². The molecular weight excluding hydrogens is 238 g/mol. The normalized spacial score (nSPS) is 21.8. The molecule has 0 aromatic heterocycles. The van der Waals surface area contributed by atoms with E-state index >= 15 is 0 Å². The van der Waals surface area contributed by atoms with E-state index in [1.54, 1.807) is 12.1 Å². The molecule has 1 saturated heterocycles. The predicted molar refractivity (Wildman–Crippen MR) is 73.6 cm³/mol. The lowest BCUT2D eigenvalue weighted by atomic mass is 9.89. The van der Waals surface area contributed by atoms with Gasteiger partial charge in [-0.3, -0.25) is 0 Å². The molecule has 1 aliphatic heterocycles. The van der Waals surface area contributed by atoms with E-state index in [9.17, 15) is 5.11 Å². The number of benzene rings is 1. The minimum absolute atomic E-state index is 0.376. The van der Waals surface area contributed by atoms with E-state index in [2.05, 4.69) is 6.07 Å². The SMILES string of the molecule is CC(O)(CCCC1CCCO1)c1cccc(C#N)c1. The van der Waals surface area contributed by atoms with Crippen LogP contribution in [-0.4, -0.2) is 17.8 Å². The second kappa shape index (κ2) is 6.18. The van der Waals surface area contributed by atoms with Crippen LogP contribution in [0.25, 0.3) is 0 Å². The highest BCUT2D eigenvalue weighted by atomic mass is 16.5. The Balaban J connectivity index is 1.91. The smallest absolute Gasteiger partial charge is 0.0991 e. The Kier molecular flexibility index (Phi) is 4.57. The number of rotatable bonds is 5. The minimum Gasteiger partial charge on any atom is -0.385 e. The quantitative estimate of drug-likeness (QED) is 0.884. The maximum atomic E-state index is 10.5. The molecule has 1 heterocycles. The number of aliphatic hydroxyl groups is 1. The van der Waals surface area contributed by atoms with Crippen LogP contribution in [0.3, 0.4) is 0 Å². The average Bonchev–Trinajstić information content (AvgIpc) is 2.92. The van der Waals surface area contributed by atoms with Crippen molar-refractivity contribution in [2.75, 3.05) is 6.61 Å². The first-order valence-electron chi connectivity index (χ1n) is 6.96. The van der Waals surface area contributed by atoms with E-state index in [-0.39, 0.29) is 0 Å². The largest absolute Gasteiger partial charge is 0.385 e. The summed E-state index contributed by atoms with van der Waals surface area (Å²) >= 11 is 0. The molecule has 0 radical (unpaired) electrons. The fourth-order valence-corrected chi connectivity index (χ4v) is 2.61. The molecule has 0 saturated carbocycles. The third kappa shape index (κ3) is 3.79. The van der Waals surface area contributed by atoms with Crippen LogP contribution in [0, 0.1) is 11.3 Å². The van der Waals surface area contributed by atoms with E-state index in [0.29, 0.717) is 18.1 Å². The van der Waals surface area contributed by atoms with E-state index in [1.165, 1.54) is 0 Å². The second-order valence-corrected chi connectivity index (χ2v) is 5.49. The zero-order valence-corrected chi connectivity index (χ0v) is 11.4. The van der Waals surface area contributed by atoms with Crippen molar-refractivity contribution in [3.63, 3.8) is 0 Å². The van der Waals surface area contributed by atoms with Crippen LogP contribution in [0.2, 0.25) is 0 Å². The van der Waals surface area contributed by atoms with Gasteiger partial charge in [0.25, 0.3) is 0 Å².